The number of fused-ring (bicyclic) bond motifs is 3. The Morgan fingerprint density at radius 1 is 0.317 bits per heavy atom. The van der Waals surface area contributed by atoms with E-state index in [0.29, 0.717) is 59.2 Å². The van der Waals surface area contributed by atoms with Gasteiger partial charge in [-0.15, -0.1) is 35.4 Å². The quantitative estimate of drug-likeness (QED) is 0.0219. The average Bonchev–Trinajstić information content (AvgIpc) is 1.61. The van der Waals surface area contributed by atoms with Gasteiger partial charge in [-0.2, -0.15) is 8.75 Å². The Balaban J connectivity index is 0.00000123. The van der Waals surface area contributed by atoms with Crippen molar-refractivity contribution in [2.24, 2.45) is 0 Å². The van der Waals surface area contributed by atoms with Crippen LogP contribution >= 0.6 is 66.1 Å². The van der Waals surface area contributed by atoms with Gasteiger partial charge in [0.1, 0.15) is 49.0 Å². The zero-order valence-electron chi connectivity index (χ0n) is 64.6. The molecule has 2 aliphatic rings. The number of hydrogen-bond donors (Lipinski definition) is 0. The van der Waals surface area contributed by atoms with Gasteiger partial charge >= 0.3 is 42.1 Å². The number of aromatic nitrogens is 2. The molecule has 0 N–H and O–H groups in total. The zero-order valence-corrected chi connectivity index (χ0v) is 75.6. The summed E-state index contributed by atoms with van der Waals surface area (Å²) in [7, 11) is 0.270. The molecule has 0 spiro atoms. The van der Waals surface area contributed by atoms with Crippen molar-refractivity contribution in [3.05, 3.63) is 119 Å². The summed E-state index contributed by atoms with van der Waals surface area (Å²) in [6, 6.07) is 22.7. The van der Waals surface area contributed by atoms with Gasteiger partial charge in [-0.25, -0.2) is 22.7 Å². The molecule has 0 fully saturated rings. The van der Waals surface area contributed by atoms with E-state index < -0.39 is 0 Å². The Morgan fingerprint density at radius 2 is 0.535 bits per heavy atom. The standard InChI is InChI=1S/C22H10N2O4S3.4C12H27P.2C8H5.2Pt/c1-3-13-17-19(27-9-7-25-17)21(29-13)11-5-6-12(16-15(11)23-31-24-16)22-20-18(14(4-2)30-22)26-8-10-28-20;4*1-4-7-10-13(11-8-5-2)12-9-6-3;2*1-2-8-6-4-3-5-7-8;;/h5-6H,7-10H2;4*4-12H2,1-3H3;2*3-7H;;/q-2;;;;;2*-1;2*+2/p+4. The van der Waals surface area contributed by atoms with E-state index in [1.54, 1.807) is 73.9 Å². The summed E-state index contributed by atoms with van der Waals surface area (Å²) in [4.78, 5) is 2.87. The van der Waals surface area contributed by atoms with Crippen molar-refractivity contribution in [1.82, 2.24) is 8.75 Å². The fraction of sp³-hybridized carbons (Fsp3) is 0.605. The van der Waals surface area contributed by atoms with Crippen LogP contribution in [0.3, 0.4) is 0 Å². The van der Waals surface area contributed by atoms with Crippen molar-refractivity contribution in [2.75, 3.05) is 100 Å². The zero-order chi connectivity index (χ0) is 72.4. The van der Waals surface area contributed by atoms with E-state index in [9.17, 15) is 0 Å². The van der Waals surface area contributed by atoms with Crippen LogP contribution in [0.1, 0.15) is 258 Å². The first-order valence-electron chi connectivity index (χ1n) is 38.8. The predicted molar refractivity (Wildman–Crippen MR) is 454 cm³/mol. The summed E-state index contributed by atoms with van der Waals surface area (Å²) in [5.41, 5.74) is 4.84. The maximum atomic E-state index is 7.60. The van der Waals surface area contributed by atoms with Gasteiger partial charge in [0.25, 0.3) is 0 Å². The van der Waals surface area contributed by atoms with Gasteiger partial charge in [-0.05, 0) is 86.8 Å². The SMILES string of the molecule is CCCC[PH+](CCCC)CCCC.CCCC[PH+](CCCC)CCCC.CCCC[PH+](CCCC)CCCC.CCCC[PH+](CCCC)CCCC.[C-]#Cc1ccccc1.[C-]#Cc1ccccc1.[C-]#Cc1sc(-c2ccc(-c3sc(C#[C-])c4c3OCCO4)c3nsnc23)c2c1OCCO2.[Pt+2].[Pt+2]. The molecule has 0 saturated heterocycles. The Morgan fingerprint density at radius 3 is 0.723 bits per heavy atom. The third kappa shape index (κ3) is 41.4. The Hall–Kier alpha value is -2.58. The monoisotopic (exact) mass is 1870 g/mol. The maximum Gasteiger partial charge on any atom is 2.00 e. The van der Waals surface area contributed by atoms with E-state index in [-0.39, 0.29) is 73.8 Å². The van der Waals surface area contributed by atoms with Gasteiger partial charge in [0.2, 0.25) is 0 Å². The number of benzene rings is 3. The van der Waals surface area contributed by atoms with Crippen molar-refractivity contribution in [2.45, 2.75) is 237 Å². The predicted octanol–water partition coefficient (Wildman–Crippen LogP) is 26.2. The van der Waals surface area contributed by atoms with Gasteiger partial charge in [-0.1, -0.05) is 209 Å². The normalized spacial score (nSPS) is 11.3. The molecule has 15 heteroatoms. The molecular weight excluding hydrogens is 1740 g/mol. The van der Waals surface area contributed by atoms with Crippen LogP contribution < -0.4 is 18.9 Å². The third-order valence-electron chi connectivity index (χ3n) is 17.4. The summed E-state index contributed by atoms with van der Waals surface area (Å²) >= 11 is 3.91. The van der Waals surface area contributed by atoms with E-state index in [0.717, 1.165) is 54.8 Å². The second-order valence-electron chi connectivity index (χ2n) is 25.8. The largest absolute Gasteiger partial charge is 2.00 e. The molecule has 2 aliphatic heterocycles. The van der Waals surface area contributed by atoms with Crippen LogP contribution in [-0.2, 0) is 42.1 Å². The summed E-state index contributed by atoms with van der Waals surface area (Å²) in [6.45, 7) is 29.6. The molecule has 0 aliphatic carbocycles. The summed E-state index contributed by atoms with van der Waals surface area (Å²) in [5.74, 6) is 11.8. The van der Waals surface area contributed by atoms with Crippen LogP contribution in [0.15, 0.2) is 72.8 Å². The fourth-order valence-electron chi connectivity index (χ4n) is 11.3. The first-order chi connectivity index (χ1) is 48.5. The molecule has 0 saturated carbocycles. The molecule has 0 radical (unpaired) electrons. The average molecular weight is 1870 g/mol. The molecule has 3 aromatic heterocycles. The van der Waals surface area contributed by atoms with Gasteiger partial charge < -0.3 is 44.6 Å². The van der Waals surface area contributed by atoms with Crippen LogP contribution in [0.4, 0.5) is 0 Å². The Labute approximate surface area is 665 Å². The third-order valence-corrected chi connectivity index (χ3v) is 32.8. The molecular formula is C86H132N2O4P4Pt2S3+4. The molecule has 6 nitrogen and oxygen atoms in total. The van der Waals surface area contributed by atoms with Crippen molar-refractivity contribution < 1.29 is 61.1 Å². The number of thiophene rings is 2. The first-order valence-corrected chi connectivity index (χ1v) is 49.7. The van der Waals surface area contributed by atoms with E-state index in [2.05, 4.69) is 116 Å². The molecule has 0 bridgehead atoms. The van der Waals surface area contributed by atoms with E-state index in [1.165, 1.54) is 177 Å². The molecule has 101 heavy (non-hydrogen) atoms. The minimum absolute atomic E-state index is 0. The van der Waals surface area contributed by atoms with Crippen molar-refractivity contribution in [1.29, 1.82) is 0 Å². The minimum Gasteiger partial charge on any atom is -0.503 e. The van der Waals surface area contributed by atoms with Crippen LogP contribution in [0.25, 0.3) is 31.9 Å². The van der Waals surface area contributed by atoms with Gasteiger partial charge in [0.15, 0.2) is 11.5 Å². The number of hydrogen-bond acceptors (Lipinski definition) is 9. The second-order valence-corrected chi connectivity index (χ2v) is 40.4. The Bertz CT molecular complexity index is 2790. The smallest absolute Gasteiger partial charge is 0.503 e. The molecule has 6 aromatic rings. The number of ether oxygens (including phenoxy) is 4. The molecule has 564 valence electrons. The first kappa shape index (κ1) is 98.4. The molecule has 0 atom stereocenters. The van der Waals surface area contributed by atoms with Gasteiger partial charge in [0, 0.05) is 42.8 Å². The molecule has 0 amide bonds. The summed E-state index contributed by atoms with van der Waals surface area (Å²) in [6.07, 6.45) is 82.2. The molecule has 0 unspecified atom stereocenters. The summed E-state index contributed by atoms with van der Waals surface area (Å²) in [5, 5.41) is 0. The molecule has 8 rings (SSSR count). The minimum atomic E-state index is 0. The van der Waals surface area contributed by atoms with Crippen LogP contribution in [-0.4, -0.2) is 109 Å². The van der Waals surface area contributed by atoms with Crippen LogP contribution in [0.5, 0.6) is 23.0 Å². The van der Waals surface area contributed by atoms with Crippen molar-refractivity contribution >= 4 is 77.1 Å². The van der Waals surface area contributed by atoms with Crippen molar-refractivity contribution in [3.8, 4) is 67.6 Å². The summed E-state index contributed by atoms with van der Waals surface area (Å²) < 4.78 is 32.3. The number of rotatable bonds is 38. The second kappa shape index (κ2) is 66.8. The number of nitrogens with zero attached hydrogens (tertiary/aromatic N) is 2. The molecule has 3 aromatic carbocycles. The molecule has 5 heterocycles. The Kier molecular flexibility index (Phi) is 65.1. The maximum absolute atomic E-state index is 7.60. The van der Waals surface area contributed by atoms with E-state index >= 15 is 0 Å². The fourth-order valence-corrected chi connectivity index (χ4v) is 27.2. The van der Waals surface area contributed by atoms with E-state index in [1.807, 2.05) is 72.8 Å². The number of unbranched alkanes of at least 4 members (excludes halogenated alkanes) is 12. The van der Waals surface area contributed by atoms with E-state index in [4.69, 9.17) is 44.6 Å². The van der Waals surface area contributed by atoms with Crippen molar-refractivity contribution in [3.63, 3.8) is 0 Å². The van der Waals surface area contributed by atoms with Crippen LogP contribution in [0, 0.1) is 49.4 Å². The van der Waals surface area contributed by atoms with Crippen LogP contribution in [0.2, 0.25) is 0 Å². The topological polar surface area (TPSA) is 62.7 Å². The van der Waals surface area contributed by atoms with Gasteiger partial charge in [0.05, 0.1) is 95.4 Å². The van der Waals surface area contributed by atoms with Gasteiger partial charge in [-0.3, -0.25) is 23.7 Å².